The topological polar surface area (TPSA) is 140 Å². The first-order chi connectivity index (χ1) is 17.4. The summed E-state index contributed by atoms with van der Waals surface area (Å²) < 4.78 is 89.3. The largest absolute Gasteiger partial charge is 0.490 e. The second-order valence-corrected chi connectivity index (χ2v) is 6.69. The van der Waals surface area contributed by atoms with E-state index in [2.05, 4.69) is 20.3 Å². The Kier molecular flexibility index (Phi) is 6.12. The molecule has 14 heteroatoms. The van der Waals surface area contributed by atoms with Crippen molar-refractivity contribution in [3.05, 3.63) is 52.4 Å². The molecule has 0 spiro atoms. The van der Waals surface area contributed by atoms with Crippen LogP contribution >= 0.6 is 11.6 Å². The normalized spacial score (nSPS) is 20.5. The molecule has 3 heterocycles. The molecule has 0 aliphatic carbocycles. The number of hydrogen-bond donors (Lipinski definition) is 3. The van der Waals surface area contributed by atoms with Gasteiger partial charge >= 0.3 is 12.1 Å². The molecule has 2 aromatic heterocycles. The van der Waals surface area contributed by atoms with Gasteiger partial charge in [0.2, 0.25) is 0 Å². The highest BCUT2D eigenvalue weighted by molar-refractivity contribution is 6.30. The predicted molar refractivity (Wildman–Crippen MR) is 110 cm³/mol. The number of aliphatic imine (C=N–C) groups is 1. The van der Waals surface area contributed by atoms with Gasteiger partial charge in [-0.25, -0.2) is 19.2 Å². The molecule has 1 atom stereocenters. The number of amidine groups is 1. The van der Waals surface area contributed by atoms with Gasteiger partial charge in [-0.05, 0) is 30.6 Å². The highest BCUT2D eigenvalue weighted by atomic mass is 35.5. The SMILES string of the molecule is O=C(O)C(F)(F)F.[2H]c1nc(C(=O)Nc2cccc(C3(CF)COCC(N)=N3)n2)c(C([2H])([2H])[2H])c([2H])c1Cl. The first-order valence-corrected chi connectivity index (χ1v) is 9.05. The zero-order chi connectivity index (χ0) is 29.1. The zero-order valence-corrected chi connectivity index (χ0v) is 17.1. The van der Waals surface area contributed by atoms with Gasteiger partial charge < -0.3 is 20.9 Å². The van der Waals surface area contributed by atoms with Crippen LogP contribution in [0.4, 0.5) is 23.4 Å². The number of amides is 1. The number of rotatable bonds is 4. The van der Waals surface area contributed by atoms with Crippen LogP contribution in [-0.2, 0) is 15.1 Å². The van der Waals surface area contributed by atoms with Crippen LogP contribution in [0, 0.1) is 6.85 Å². The van der Waals surface area contributed by atoms with Gasteiger partial charge in [-0.15, -0.1) is 0 Å². The number of halogens is 5. The average Bonchev–Trinajstić information content (AvgIpc) is 2.81. The summed E-state index contributed by atoms with van der Waals surface area (Å²) >= 11 is 5.77. The Morgan fingerprint density at radius 2 is 2.15 bits per heavy atom. The maximum absolute atomic E-state index is 13.9. The number of pyridine rings is 2. The van der Waals surface area contributed by atoms with Crippen molar-refractivity contribution in [1.82, 2.24) is 9.97 Å². The van der Waals surface area contributed by atoms with Crippen molar-refractivity contribution in [2.75, 3.05) is 25.2 Å². The fraction of sp³-hybridized carbons (Fsp3) is 0.316. The van der Waals surface area contributed by atoms with E-state index in [1.54, 1.807) is 0 Å². The molecule has 0 saturated heterocycles. The second kappa shape index (κ2) is 10.5. The number of nitrogens with two attached hydrogens (primary N) is 1. The number of carboxylic acids is 1. The van der Waals surface area contributed by atoms with Crippen molar-refractivity contribution < 1.29 is 43.8 Å². The van der Waals surface area contributed by atoms with Crippen LogP contribution in [0.5, 0.6) is 0 Å². The summed E-state index contributed by atoms with van der Waals surface area (Å²) in [4.78, 5) is 33.6. The van der Waals surface area contributed by atoms with Crippen molar-refractivity contribution in [3.63, 3.8) is 0 Å². The molecular formula is C19H18ClF4N5O4. The monoisotopic (exact) mass is 496 g/mol. The summed E-state index contributed by atoms with van der Waals surface area (Å²) in [5.41, 5.74) is 2.98. The number of aromatic nitrogens is 2. The molecule has 4 N–H and O–H groups in total. The van der Waals surface area contributed by atoms with E-state index in [0.29, 0.717) is 0 Å². The lowest BCUT2D eigenvalue weighted by atomic mass is 9.97. The first-order valence-electron chi connectivity index (χ1n) is 11.2. The fourth-order valence-corrected chi connectivity index (χ4v) is 2.53. The molecule has 0 radical (unpaired) electrons. The maximum Gasteiger partial charge on any atom is 0.490 e. The van der Waals surface area contributed by atoms with E-state index in [0.717, 1.165) is 0 Å². The molecule has 0 bridgehead atoms. The molecule has 9 nitrogen and oxygen atoms in total. The van der Waals surface area contributed by atoms with Gasteiger partial charge in [0.1, 0.15) is 30.6 Å². The summed E-state index contributed by atoms with van der Waals surface area (Å²) in [6, 6.07) is 3.67. The minimum absolute atomic E-state index is 0.0547. The Balaban J connectivity index is 0.000000638. The Bertz CT molecular complexity index is 1270. The number of anilines is 1. The van der Waals surface area contributed by atoms with Crippen molar-refractivity contribution in [2.45, 2.75) is 18.6 Å². The molecule has 3 rings (SSSR count). The van der Waals surface area contributed by atoms with E-state index in [4.69, 9.17) is 38.8 Å². The lowest BCUT2D eigenvalue weighted by Gasteiger charge is -2.30. The number of aliphatic carboxylic acids is 1. The Morgan fingerprint density at radius 3 is 2.73 bits per heavy atom. The second-order valence-electron chi connectivity index (χ2n) is 6.31. The third-order valence-electron chi connectivity index (χ3n) is 3.83. The van der Waals surface area contributed by atoms with E-state index in [-0.39, 0.29) is 30.6 Å². The minimum Gasteiger partial charge on any atom is -0.475 e. The summed E-state index contributed by atoms with van der Waals surface area (Å²) in [5.74, 6) is -3.74. The molecule has 0 aromatic carbocycles. The minimum atomic E-state index is -5.08. The Morgan fingerprint density at radius 1 is 1.45 bits per heavy atom. The van der Waals surface area contributed by atoms with Crippen molar-refractivity contribution >= 4 is 35.1 Å². The van der Waals surface area contributed by atoms with Gasteiger partial charge in [-0.3, -0.25) is 9.79 Å². The molecule has 178 valence electrons. The number of alkyl halides is 4. The zero-order valence-electron chi connectivity index (χ0n) is 21.3. The van der Waals surface area contributed by atoms with Crippen LogP contribution in [0.2, 0.25) is 5.02 Å². The quantitative estimate of drug-likeness (QED) is 0.553. The van der Waals surface area contributed by atoms with E-state index in [1.807, 2.05) is 0 Å². The smallest absolute Gasteiger partial charge is 0.475 e. The summed E-state index contributed by atoms with van der Waals surface area (Å²) in [6.45, 7) is -3.89. The highest BCUT2D eigenvalue weighted by Gasteiger charge is 2.38. The van der Waals surface area contributed by atoms with Gasteiger partial charge in [0.25, 0.3) is 5.91 Å². The molecule has 1 unspecified atom stereocenters. The number of carboxylic acid groups (broad SMARTS) is 1. The van der Waals surface area contributed by atoms with Gasteiger partial charge in [0.15, 0.2) is 5.54 Å². The summed E-state index contributed by atoms with van der Waals surface area (Å²) in [7, 11) is 0. The van der Waals surface area contributed by atoms with E-state index in [9.17, 15) is 22.4 Å². The predicted octanol–water partition coefficient (Wildman–Crippen LogP) is 2.88. The molecule has 2 aromatic rings. The lowest BCUT2D eigenvalue weighted by Crippen LogP contribution is -2.42. The maximum atomic E-state index is 13.9. The van der Waals surface area contributed by atoms with Crippen LogP contribution < -0.4 is 11.1 Å². The molecule has 1 aliphatic heterocycles. The first kappa shape index (κ1) is 19.2. The van der Waals surface area contributed by atoms with Crippen LogP contribution in [-0.4, -0.2) is 58.9 Å². The molecule has 1 amide bonds. The van der Waals surface area contributed by atoms with E-state index in [1.165, 1.54) is 18.2 Å². The number of carbonyl (C=O) groups is 2. The van der Waals surface area contributed by atoms with E-state index >= 15 is 0 Å². The van der Waals surface area contributed by atoms with Crippen LogP contribution in [0.3, 0.4) is 0 Å². The standard InChI is InChI=1S/C17H17ClFN5O2.C2HF3O2/c1-10-5-11(18)6-21-15(10)16(25)23-14-4-2-3-12(22-14)17(8-19)9-26-7-13(20)24-17;3-2(4,5)1(6)7/h2-6H,7-9H2,1H3,(H2,20,24)(H,22,23,25);(H,6,7)/i1D3,5D,6D;. The Hall–Kier alpha value is -3.32. The molecule has 0 fully saturated rings. The van der Waals surface area contributed by atoms with Gasteiger partial charge in [0.05, 0.1) is 20.1 Å². The fourth-order valence-electron chi connectivity index (χ4n) is 2.39. The molecule has 33 heavy (non-hydrogen) atoms. The molecule has 1 aliphatic rings. The summed E-state index contributed by atoms with van der Waals surface area (Å²) in [5, 5.41) is 9.00. The number of hydrogen-bond acceptors (Lipinski definition) is 7. The number of ether oxygens (including phenoxy) is 1. The van der Waals surface area contributed by atoms with Crippen LogP contribution in [0.15, 0.2) is 35.4 Å². The lowest BCUT2D eigenvalue weighted by molar-refractivity contribution is -0.192. The van der Waals surface area contributed by atoms with Gasteiger partial charge in [-0.2, -0.15) is 13.2 Å². The average molecular weight is 497 g/mol. The highest BCUT2D eigenvalue weighted by Crippen LogP contribution is 2.29. The number of nitrogens with zero attached hydrogens (tertiary/aromatic N) is 3. The van der Waals surface area contributed by atoms with Crippen LogP contribution in [0.1, 0.15) is 28.6 Å². The third-order valence-corrected chi connectivity index (χ3v) is 4.01. The van der Waals surface area contributed by atoms with Crippen molar-refractivity contribution in [1.29, 1.82) is 0 Å². The van der Waals surface area contributed by atoms with Gasteiger partial charge in [0, 0.05) is 10.3 Å². The van der Waals surface area contributed by atoms with Crippen molar-refractivity contribution in [3.8, 4) is 0 Å². The molecule has 0 saturated carbocycles. The summed E-state index contributed by atoms with van der Waals surface area (Å²) in [6.07, 6.45) is -5.70. The molecular weight excluding hydrogens is 474 g/mol. The number of nitrogens with one attached hydrogen (secondary N) is 1. The van der Waals surface area contributed by atoms with Crippen LogP contribution in [0.25, 0.3) is 0 Å². The van der Waals surface area contributed by atoms with Crippen molar-refractivity contribution in [2.24, 2.45) is 10.7 Å². The Labute approximate surface area is 196 Å². The third kappa shape index (κ3) is 6.83. The van der Waals surface area contributed by atoms with E-state index < -0.39 is 65.6 Å². The van der Waals surface area contributed by atoms with Gasteiger partial charge in [-0.1, -0.05) is 17.7 Å². The number of carbonyl (C=O) groups excluding carboxylic acids is 1.